The normalized spacial score (nSPS) is 18.2. The van der Waals surface area contributed by atoms with Crippen LogP contribution >= 0.6 is 0 Å². The van der Waals surface area contributed by atoms with Gasteiger partial charge in [0, 0.05) is 31.5 Å². The first kappa shape index (κ1) is 12.3. The predicted octanol–water partition coefficient (Wildman–Crippen LogP) is 2.07. The summed E-state index contributed by atoms with van der Waals surface area (Å²) in [6.45, 7) is 7.88. The van der Waals surface area contributed by atoms with Gasteiger partial charge < -0.3 is 10.2 Å². The van der Waals surface area contributed by atoms with Crippen molar-refractivity contribution in [3.63, 3.8) is 0 Å². The molecule has 0 aliphatic carbocycles. The molecule has 1 aromatic rings. The lowest BCUT2D eigenvalue weighted by Crippen LogP contribution is -2.39. The maximum atomic E-state index is 4.34. The molecule has 2 heterocycles. The lowest BCUT2D eigenvalue weighted by atomic mass is 10.0. The zero-order valence-corrected chi connectivity index (χ0v) is 10.8. The fourth-order valence-electron chi connectivity index (χ4n) is 2.36. The number of nitrogens with one attached hydrogen (secondary N) is 1. The number of piperidine rings is 1. The van der Waals surface area contributed by atoms with E-state index in [-0.39, 0.29) is 0 Å². The van der Waals surface area contributed by atoms with E-state index in [0.717, 1.165) is 11.5 Å². The SMILES string of the molecule is CCCN1CCC(Nc2nccnc2C)CC1. The van der Waals surface area contributed by atoms with Gasteiger partial charge in [-0.3, -0.25) is 4.98 Å². The third-order valence-electron chi connectivity index (χ3n) is 3.35. The third-order valence-corrected chi connectivity index (χ3v) is 3.35. The molecular weight excluding hydrogens is 212 g/mol. The zero-order valence-electron chi connectivity index (χ0n) is 10.8. The molecule has 0 radical (unpaired) electrons. The monoisotopic (exact) mass is 234 g/mol. The van der Waals surface area contributed by atoms with Crippen LogP contribution in [-0.2, 0) is 0 Å². The topological polar surface area (TPSA) is 41.0 Å². The average Bonchev–Trinajstić information content (AvgIpc) is 2.35. The van der Waals surface area contributed by atoms with E-state index in [9.17, 15) is 0 Å². The van der Waals surface area contributed by atoms with Crippen LogP contribution < -0.4 is 5.32 Å². The second kappa shape index (κ2) is 5.96. The Morgan fingerprint density at radius 2 is 2.00 bits per heavy atom. The maximum Gasteiger partial charge on any atom is 0.147 e. The van der Waals surface area contributed by atoms with Crippen LogP contribution in [-0.4, -0.2) is 40.5 Å². The van der Waals surface area contributed by atoms with Crippen molar-refractivity contribution in [1.29, 1.82) is 0 Å². The average molecular weight is 234 g/mol. The summed E-state index contributed by atoms with van der Waals surface area (Å²) in [5, 5.41) is 3.51. The molecule has 0 spiro atoms. The molecule has 17 heavy (non-hydrogen) atoms. The van der Waals surface area contributed by atoms with Gasteiger partial charge >= 0.3 is 0 Å². The number of hydrogen-bond donors (Lipinski definition) is 1. The van der Waals surface area contributed by atoms with E-state index in [2.05, 4.69) is 27.1 Å². The van der Waals surface area contributed by atoms with Crippen molar-refractivity contribution >= 4 is 5.82 Å². The zero-order chi connectivity index (χ0) is 12.1. The molecule has 94 valence electrons. The van der Waals surface area contributed by atoms with Crippen molar-refractivity contribution in [2.24, 2.45) is 0 Å². The van der Waals surface area contributed by atoms with Gasteiger partial charge in [-0.2, -0.15) is 0 Å². The van der Waals surface area contributed by atoms with Crippen LogP contribution in [0.2, 0.25) is 0 Å². The molecule has 0 atom stereocenters. The van der Waals surface area contributed by atoms with Crippen molar-refractivity contribution in [3.8, 4) is 0 Å². The highest BCUT2D eigenvalue weighted by atomic mass is 15.1. The summed E-state index contributed by atoms with van der Waals surface area (Å²) in [6, 6.07) is 0.554. The number of aromatic nitrogens is 2. The molecule has 0 amide bonds. The number of aryl methyl sites for hydroxylation is 1. The van der Waals surface area contributed by atoms with Crippen LogP contribution in [0.1, 0.15) is 31.9 Å². The number of nitrogens with zero attached hydrogens (tertiary/aromatic N) is 3. The molecule has 0 unspecified atom stereocenters. The van der Waals surface area contributed by atoms with Gasteiger partial charge in [-0.25, -0.2) is 4.98 Å². The first-order valence-corrected chi connectivity index (χ1v) is 6.56. The molecule has 4 nitrogen and oxygen atoms in total. The summed E-state index contributed by atoms with van der Waals surface area (Å²) in [5.74, 6) is 0.946. The van der Waals surface area contributed by atoms with Crippen LogP contribution in [0.3, 0.4) is 0 Å². The molecular formula is C13H22N4. The highest BCUT2D eigenvalue weighted by molar-refractivity contribution is 5.39. The van der Waals surface area contributed by atoms with Gasteiger partial charge in [0.15, 0.2) is 0 Å². The smallest absolute Gasteiger partial charge is 0.147 e. The van der Waals surface area contributed by atoms with Crippen LogP contribution in [0.15, 0.2) is 12.4 Å². The minimum absolute atomic E-state index is 0.554. The molecule has 1 N–H and O–H groups in total. The number of hydrogen-bond acceptors (Lipinski definition) is 4. The Hall–Kier alpha value is -1.16. The molecule has 1 aliphatic rings. The van der Waals surface area contributed by atoms with E-state index in [0.29, 0.717) is 6.04 Å². The molecule has 0 aromatic carbocycles. The molecule has 1 fully saturated rings. The van der Waals surface area contributed by atoms with Gasteiger partial charge in [0.2, 0.25) is 0 Å². The first-order chi connectivity index (χ1) is 8.29. The van der Waals surface area contributed by atoms with Gasteiger partial charge in [-0.05, 0) is 32.7 Å². The molecule has 4 heteroatoms. The Labute approximate surface area is 103 Å². The molecule has 0 saturated carbocycles. The van der Waals surface area contributed by atoms with Crippen molar-refractivity contribution in [2.45, 2.75) is 39.2 Å². The molecule has 1 aliphatic heterocycles. The number of rotatable bonds is 4. The molecule has 1 saturated heterocycles. The van der Waals surface area contributed by atoms with E-state index in [1.54, 1.807) is 12.4 Å². The van der Waals surface area contributed by atoms with Gasteiger partial charge in [0.05, 0.1) is 5.69 Å². The second-order valence-electron chi connectivity index (χ2n) is 4.75. The highest BCUT2D eigenvalue weighted by Crippen LogP contribution is 2.16. The third kappa shape index (κ3) is 3.40. The van der Waals surface area contributed by atoms with E-state index in [4.69, 9.17) is 0 Å². The lowest BCUT2D eigenvalue weighted by Gasteiger charge is -2.32. The summed E-state index contributed by atoms with van der Waals surface area (Å²) in [4.78, 5) is 11.1. The maximum absolute atomic E-state index is 4.34. The Bertz CT molecular complexity index is 345. The molecule has 0 bridgehead atoms. The van der Waals surface area contributed by atoms with Crippen molar-refractivity contribution in [1.82, 2.24) is 14.9 Å². The predicted molar refractivity (Wildman–Crippen MR) is 70.1 cm³/mol. The van der Waals surface area contributed by atoms with Crippen molar-refractivity contribution < 1.29 is 0 Å². The first-order valence-electron chi connectivity index (χ1n) is 6.56. The summed E-state index contributed by atoms with van der Waals surface area (Å²) in [5.41, 5.74) is 0.989. The summed E-state index contributed by atoms with van der Waals surface area (Å²) >= 11 is 0. The minimum Gasteiger partial charge on any atom is -0.366 e. The van der Waals surface area contributed by atoms with Crippen LogP contribution in [0.4, 0.5) is 5.82 Å². The van der Waals surface area contributed by atoms with E-state index >= 15 is 0 Å². The van der Waals surface area contributed by atoms with Crippen molar-refractivity contribution in [3.05, 3.63) is 18.1 Å². The Balaban J connectivity index is 1.84. The Kier molecular flexibility index (Phi) is 4.31. The number of anilines is 1. The summed E-state index contributed by atoms with van der Waals surface area (Å²) < 4.78 is 0. The van der Waals surface area contributed by atoms with E-state index in [1.807, 2.05) is 6.92 Å². The molecule has 1 aromatic heterocycles. The van der Waals surface area contributed by atoms with E-state index in [1.165, 1.54) is 38.9 Å². The van der Waals surface area contributed by atoms with Crippen LogP contribution in [0.5, 0.6) is 0 Å². The van der Waals surface area contributed by atoms with Crippen molar-refractivity contribution in [2.75, 3.05) is 25.0 Å². The largest absolute Gasteiger partial charge is 0.366 e. The highest BCUT2D eigenvalue weighted by Gasteiger charge is 2.19. The summed E-state index contributed by atoms with van der Waals surface area (Å²) in [6.07, 6.45) is 7.15. The fourth-order valence-corrected chi connectivity index (χ4v) is 2.36. The minimum atomic E-state index is 0.554. The quantitative estimate of drug-likeness (QED) is 0.866. The van der Waals surface area contributed by atoms with Gasteiger partial charge in [0.25, 0.3) is 0 Å². The lowest BCUT2D eigenvalue weighted by molar-refractivity contribution is 0.219. The second-order valence-corrected chi connectivity index (χ2v) is 4.75. The fraction of sp³-hybridized carbons (Fsp3) is 0.692. The standard InChI is InChI=1S/C13H22N4/c1-3-8-17-9-4-12(5-10-17)16-13-11(2)14-6-7-15-13/h6-7,12H,3-5,8-10H2,1-2H3,(H,15,16). The molecule has 2 rings (SSSR count). The van der Waals surface area contributed by atoms with Crippen LogP contribution in [0.25, 0.3) is 0 Å². The number of likely N-dealkylation sites (tertiary alicyclic amines) is 1. The van der Waals surface area contributed by atoms with Gasteiger partial charge in [-0.1, -0.05) is 6.92 Å². The Morgan fingerprint density at radius 1 is 1.29 bits per heavy atom. The van der Waals surface area contributed by atoms with Gasteiger partial charge in [0.1, 0.15) is 5.82 Å². The van der Waals surface area contributed by atoms with Crippen LogP contribution in [0, 0.1) is 6.92 Å². The van der Waals surface area contributed by atoms with Gasteiger partial charge in [-0.15, -0.1) is 0 Å². The summed E-state index contributed by atoms with van der Waals surface area (Å²) in [7, 11) is 0. The van der Waals surface area contributed by atoms with E-state index < -0.39 is 0 Å². The Morgan fingerprint density at radius 3 is 2.65 bits per heavy atom.